The van der Waals surface area contributed by atoms with Gasteiger partial charge in [0.15, 0.2) is 17.3 Å². The first-order valence-corrected chi connectivity index (χ1v) is 6.81. The molecule has 0 radical (unpaired) electrons. The molecule has 2 rings (SSSR count). The first kappa shape index (κ1) is 15.6. The van der Waals surface area contributed by atoms with Crippen LogP contribution in [0.2, 0.25) is 0 Å². The maximum Gasteiger partial charge on any atom is 0.178 e. The number of carbonyl (C=O) groups is 2. The normalized spacial score (nSPS) is 16.9. The van der Waals surface area contributed by atoms with Crippen molar-refractivity contribution in [2.45, 2.75) is 19.3 Å². The van der Waals surface area contributed by atoms with Gasteiger partial charge in [0.05, 0.1) is 12.0 Å². The van der Waals surface area contributed by atoms with Crippen molar-refractivity contribution in [2.75, 3.05) is 20.1 Å². The molecule has 21 heavy (non-hydrogen) atoms. The fourth-order valence-corrected chi connectivity index (χ4v) is 2.52. The molecule has 6 heteroatoms. The zero-order valence-electron chi connectivity index (χ0n) is 11.7. The number of aromatic hydroxyl groups is 1. The molecule has 1 saturated heterocycles. The number of hydrogen-bond donors (Lipinski definition) is 1. The summed E-state index contributed by atoms with van der Waals surface area (Å²) in [7, 11) is 1.95. The molecule has 0 bridgehead atoms. The van der Waals surface area contributed by atoms with Gasteiger partial charge in [-0.3, -0.25) is 9.59 Å². The van der Waals surface area contributed by atoms with Gasteiger partial charge >= 0.3 is 0 Å². The van der Waals surface area contributed by atoms with Crippen LogP contribution >= 0.6 is 0 Å². The quantitative estimate of drug-likeness (QED) is 0.683. The Morgan fingerprint density at radius 2 is 1.90 bits per heavy atom. The van der Waals surface area contributed by atoms with Crippen molar-refractivity contribution >= 4 is 11.6 Å². The number of likely N-dealkylation sites (tertiary alicyclic amines) is 1. The monoisotopic (exact) mass is 297 g/mol. The number of Topliss-reactive ketones (excluding diaryl/α,β-unsaturated/α-hetero) is 2. The fraction of sp³-hybridized carbons (Fsp3) is 0.467. The molecular weight excluding hydrogens is 280 g/mol. The van der Waals surface area contributed by atoms with Gasteiger partial charge in [0.1, 0.15) is 11.6 Å². The molecule has 1 fully saturated rings. The zero-order chi connectivity index (χ0) is 15.6. The van der Waals surface area contributed by atoms with Gasteiger partial charge in [-0.15, -0.1) is 0 Å². The molecule has 4 nitrogen and oxygen atoms in total. The highest BCUT2D eigenvalue weighted by Gasteiger charge is 2.28. The minimum Gasteiger partial charge on any atom is -0.505 e. The number of hydrogen-bond acceptors (Lipinski definition) is 4. The Labute approximate surface area is 121 Å². The van der Waals surface area contributed by atoms with Crippen molar-refractivity contribution in [1.82, 2.24) is 4.90 Å². The Balaban J connectivity index is 2.08. The van der Waals surface area contributed by atoms with E-state index in [0.717, 1.165) is 25.2 Å². The van der Waals surface area contributed by atoms with Crippen molar-refractivity contribution < 1.29 is 23.5 Å². The van der Waals surface area contributed by atoms with E-state index in [-0.39, 0.29) is 11.7 Å². The molecule has 1 aliphatic rings. The molecule has 0 aliphatic carbocycles. The summed E-state index contributed by atoms with van der Waals surface area (Å²) in [6.07, 6.45) is 0.757. The van der Waals surface area contributed by atoms with E-state index in [1.54, 1.807) is 0 Å². The summed E-state index contributed by atoms with van der Waals surface area (Å²) >= 11 is 0. The van der Waals surface area contributed by atoms with Crippen molar-refractivity contribution in [1.29, 1.82) is 0 Å². The van der Waals surface area contributed by atoms with E-state index >= 15 is 0 Å². The van der Waals surface area contributed by atoms with E-state index in [1.807, 2.05) is 7.05 Å². The van der Waals surface area contributed by atoms with E-state index < -0.39 is 35.2 Å². The molecule has 1 N–H and O–H groups in total. The Bertz CT molecular complexity index is 566. The summed E-state index contributed by atoms with van der Waals surface area (Å²) in [5.41, 5.74) is -0.837. The first-order valence-electron chi connectivity index (χ1n) is 6.81. The van der Waals surface area contributed by atoms with Crippen molar-refractivity contribution in [2.24, 2.45) is 5.92 Å². The molecule has 1 aliphatic heterocycles. The van der Waals surface area contributed by atoms with Gasteiger partial charge in [-0.1, -0.05) is 0 Å². The second-order valence-corrected chi connectivity index (χ2v) is 5.40. The average Bonchev–Trinajstić information content (AvgIpc) is 2.44. The molecule has 1 aromatic carbocycles. The Kier molecular flexibility index (Phi) is 4.67. The van der Waals surface area contributed by atoms with Crippen molar-refractivity contribution in [3.05, 3.63) is 29.3 Å². The van der Waals surface area contributed by atoms with Crippen LogP contribution in [0, 0.1) is 17.6 Å². The lowest BCUT2D eigenvalue weighted by Crippen LogP contribution is -2.34. The highest BCUT2D eigenvalue weighted by molar-refractivity contribution is 6.09. The van der Waals surface area contributed by atoms with Crippen LogP contribution in [0.15, 0.2) is 12.1 Å². The Hall–Kier alpha value is -1.82. The van der Waals surface area contributed by atoms with Crippen LogP contribution in [0.5, 0.6) is 5.75 Å². The molecule has 1 aromatic rings. The van der Waals surface area contributed by atoms with Crippen LogP contribution in [0.4, 0.5) is 8.78 Å². The van der Waals surface area contributed by atoms with Gasteiger partial charge in [-0.2, -0.15) is 0 Å². The standard InChI is InChI=1S/C15H17F2NO3/c1-18-6-4-9(5-7-18)12(20)8-13(21)14-10(16)2-3-11(19)15(14)17/h2-3,9,19H,4-8H2,1H3. The number of ketones is 2. The van der Waals surface area contributed by atoms with E-state index in [4.69, 9.17) is 0 Å². The molecule has 0 spiro atoms. The average molecular weight is 297 g/mol. The number of phenols is 1. The minimum absolute atomic E-state index is 0.242. The number of halogens is 2. The lowest BCUT2D eigenvalue weighted by molar-refractivity contribution is -0.123. The summed E-state index contributed by atoms with van der Waals surface area (Å²) in [4.78, 5) is 26.1. The van der Waals surface area contributed by atoms with E-state index in [1.165, 1.54) is 0 Å². The third-order valence-corrected chi connectivity index (χ3v) is 3.86. The van der Waals surface area contributed by atoms with Gasteiger partial charge in [-0.25, -0.2) is 8.78 Å². The summed E-state index contributed by atoms with van der Waals surface area (Å²) in [5.74, 6) is -4.64. The predicted octanol–water partition coefficient (Wildman–Crippen LogP) is 2.15. The molecule has 0 aromatic heterocycles. The third-order valence-electron chi connectivity index (χ3n) is 3.86. The molecule has 0 amide bonds. The highest BCUT2D eigenvalue weighted by Crippen LogP contribution is 2.25. The Morgan fingerprint density at radius 1 is 1.29 bits per heavy atom. The molecule has 1 heterocycles. The van der Waals surface area contributed by atoms with Gasteiger partial charge in [0, 0.05) is 5.92 Å². The second kappa shape index (κ2) is 6.30. The molecule has 0 unspecified atom stereocenters. The second-order valence-electron chi connectivity index (χ2n) is 5.40. The number of phenolic OH excluding ortho intramolecular Hbond substituents is 1. The number of rotatable bonds is 4. The molecule has 114 valence electrons. The summed E-state index contributed by atoms with van der Waals surface area (Å²) in [6.45, 7) is 1.53. The van der Waals surface area contributed by atoms with E-state index in [0.29, 0.717) is 12.8 Å². The molecule has 0 saturated carbocycles. The van der Waals surface area contributed by atoms with Crippen LogP contribution in [0.25, 0.3) is 0 Å². The number of piperidine rings is 1. The number of nitrogens with zero attached hydrogens (tertiary/aromatic N) is 1. The van der Waals surface area contributed by atoms with E-state index in [9.17, 15) is 23.5 Å². The summed E-state index contributed by atoms with van der Waals surface area (Å²) in [5, 5.41) is 9.20. The molecular formula is C15H17F2NO3. The van der Waals surface area contributed by atoms with Crippen molar-refractivity contribution in [3.63, 3.8) is 0 Å². The largest absolute Gasteiger partial charge is 0.505 e. The fourth-order valence-electron chi connectivity index (χ4n) is 2.52. The summed E-state index contributed by atoms with van der Waals surface area (Å²) < 4.78 is 27.2. The van der Waals surface area contributed by atoms with Gasteiger partial charge < -0.3 is 10.0 Å². The van der Waals surface area contributed by atoms with Crippen molar-refractivity contribution in [3.8, 4) is 5.75 Å². The van der Waals surface area contributed by atoms with Crippen LogP contribution in [-0.2, 0) is 4.79 Å². The van der Waals surface area contributed by atoms with Crippen LogP contribution in [0.3, 0.4) is 0 Å². The number of benzene rings is 1. The van der Waals surface area contributed by atoms with E-state index in [2.05, 4.69) is 4.90 Å². The molecule has 0 atom stereocenters. The Morgan fingerprint density at radius 3 is 2.52 bits per heavy atom. The smallest absolute Gasteiger partial charge is 0.178 e. The van der Waals surface area contributed by atoms with Gasteiger partial charge in [0.2, 0.25) is 0 Å². The minimum atomic E-state index is -1.31. The van der Waals surface area contributed by atoms with Crippen LogP contribution in [-0.4, -0.2) is 41.7 Å². The van der Waals surface area contributed by atoms with Crippen LogP contribution in [0.1, 0.15) is 29.6 Å². The zero-order valence-corrected chi connectivity index (χ0v) is 11.7. The van der Waals surface area contributed by atoms with Gasteiger partial charge in [-0.05, 0) is 45.1 Å². The van der Waals surface area contributed by atoms with Crippen LogP contribution < -0.4 is 0 Å². The summed E-state index contributed by atoms with van der Waals surface area (Å²) in [6, 6.07) is 1.64. The SMILES string of the molecule is CN1CCC(C(=O)CC(=O)c2c(F)ccc(O)c2F)CC1. The lowest BCUT2D eigenvalue weighted by atomic mass is 9.89. The maximum atomic E-state index is 13.6. The number of carbonyl (C=O) groups excluding carboxylic acids is 2. The predicted molar refractivity (Wildman–Crippen MR) is 72.2 cm³/mol. The van der Waals surface area contributed by atoms with Gasteiger partial charge in [0.25, 0.3) is 0 Å². The third kappa shape index (κ3) is 3.44. The lowest BCUT2D eigenvalue weighted by Gasteiger charge is -2.27. The highest BCUT2D eigenvalue weighted by atomic mass is 19.1. The first-order chi connectivity index (χ1) is 9.90. The topological polar surface area (TPSA) is 57.6 Å². The maximum absolute atomic E-state index is 13.6.